The summed E-state index contributed by atoms with van der Waals surface area (Å²) in [4.78, 5) is 0. The van der Waals surface area contributed by atoms with Crippen molar-refractivity contribution >= 4 is 0 Å². The van der Waals surface area contributed by atoms with Crippen LogP contribution in [0.5, 0.6) is 11.5 Å². The van der Waals surface area contributed by atoms with Crippen LogP contribution in [-0.4, -0.2) is 20.8 Å². The molecule has 23 heavy (non-hydrogen) atoms. The number of nitrogens with one attached hydrogen (secondary N) is 1. The number of rotatable bonds is 5. The lowest BCUT2D eigenvalue weighted by atomic mass is 9.90. The lowest BCUT2D eigenvalue weighted by Crippen LogP contribution is -2.30. The molecule has 0 bridgehead atoms. The maximum atomic E-state index is 5.48. The Balaban J connectivity index is 1.80. The Labute approximate surface area is 138 Å². The average molecular weight is 311 g/mol. The highest BCUT2D eigenvalue weighted by atomic mass is 16.5. The van der Waals surface area contributed by atoms with Gasteiger partial charge in [0.2, 0.25) is 0 Å². The Morgan fingerprint density at radius 1 is 1.09 bits per heavy atom. The number of hydrogen-bond donors (Lipinski definition) is 1. The fourth-order valence-electron chi connectivity index (χ4n) is 3.40. The second-order valence-electron chi connectivity index (χ2n) is 6.19. The third-order valence-corrected chi connectivity index (χ3v) is 4.61. The molecular formula is C20H25NO2. The molecular weight excluding hydrogens is 286 g/mol. The van der Waals surface area contributed by atoms with E-state index in [0.29, 0.717) is 6.04 Å². The van der Waals surface area contributed by atoms with Crippen LogP contribution < -0.4 is 14.8 Å². The molecule has 1 aliphatic heterocycles. The van der Waals surface area contributed by atoms with Crippen molar-refractivity contribution in [1.29, 1.82) is 0 Å². The predicted octanol–water partition coefficient (Wildman–Crippen LogP) is 3.83. The minimum Gasteiger partial charge on any atom is -0.493 e. The van der Waals surface area contributed by atoms with E-state index in [9.17, 15) is 0 Å². The molecule has 1 heterocycles. The molecule has 1 atom stereocenters. The van der Waals surface area contributed by atoms with Crippen molar-refractivity contribution in [3.05, 3.63) is 58.7 Å². The molecule has 3 rings (SSSR count). The SMILES string of the molecule is COc1cc2c(cc1OC)[C@H](CCc1cccc(C)c1)NCC2. The summed E-state index contributed by atoms with van der Waals surface area (Å²) in [5, 5.41) is 3.65. The maximum Gasteiger partial charge on any atom is 0.161 e. The monoisotopic (exact) mass is 311 g/mol. The summed E-state index contributed by atoms with van der Waals surface area (Å²) in [6.07, 6.45) is 3.20. The van der Waals surface area contributed by atoms with Crippen LogP contribution in [-0.2, 0) is 12.8 Å². The smallest absolute Gasteiger partial charge is 0.161 e. The second-order valence-corrected chi connectivity index (χ2v) is 6.19. The van der Waals surface area contributed by atoms with Gasteiger partial charge in [0.05, 0.1) is 14.2 Å². The second kappa shape index (κ2) is 7.05. The summed E-state index contributed by atoms with van der Waals surface area (Å²) < 4.78 is 10.9. The quantitative estimate of drug-likeness (QED) is 0.910. The van der Waals surface area contributed by atoms with Gasteiger partial charge in [-0.15, -0.1) is 0 Å². The number of hydrogen-bond acceptors (Lipinski definition) is 3. The van der Waals surface area contributed by atoms with Gasteiger partial charge in [-0.25, -0.2) is 0 Å². The number of benzene rings is 2. The highest BCUT2D eigenvalue weighted by Crippen LogP contribution is 2.36. The predicted molar refractivity (Wildman–Crippen MR) is 93.5 cm³/mol. The van der Waals surface area contributed by atoms with Crippen LogP contribution in [0.15, 0.2) is 36.4 Å². The molecule has 3 heteroatoms. The highest BCUT2D eigenvalue weighted by Gasteiger charge is 2.22. The largest absolute Gasteiger partial charge is 0.493 e. The van der Waals surface area contributed by atoms with E-state index >= 15 is 0 Å². The van der Waals surface area contributed by atoms with Crippen LogP contribution >= 0.6 is 0 Å². The van der Waals surface area contributed by atoms with E-state index in [2.05, 4.69) is 48.6 Å². The Kier molecular flexibility index (Phi) is 4.87. The van der Waals surface area contributed by atoms with Gasteiger partial charge in [0.1, 0.15) is 0 Å². The molecule has 0 fully saturated rings. The van der Waals surface area contributed by atoms with E-state index in [1.165, 1.54) is 22.3 Å². The zero-order chi connectivity index (χ0) is 16.2. The fourth-order valence-corrected chi connectivity index (χ4v) is 3.40. The molecule has 0 amide bonds. The maximum absolute atomic E-state index is 5.48. The average Bonchev–Trinajstić information content (AvgIpc) is 2.58. The molecule has 0 saturated carbocycles. The first-order valence-electron chi connectivity index (χ1n) is 8.25. The molecule has 1 aliphatic rings. The molecule has 0 radical (unpaired) electrons. The summed E-state index contributed by atoms with van der Waals surface area (Å²) >= 11 is 0. The summed E-state index contributed by atoms with van der Waals surface area (Å²) in [7, 11) is 3.39. The van der Waals surface area contributed by atoms with E-state index in [1.807, 2.05) is 0 Å². The standard InChI is InChI=1S/C20H25NO2/c1-14-5-4-6-15(11-14)7-8-18-17-13-20(23-3)19(22-2)12-16(17)9-10-21-18/h4-6,11-13,18,21H,7-10H2,1-3H3/t18-/m0/s1. The molecule has 1 N–H and O–H groups in total. The van der Waals surface area contributed by atoms with Crippen LogP contribution in [0.4, 0.5) is 0 Å². The first-order valence-corrected chi connectivity index (χ1v) is 8.25. The van der Waals surface area contributed by atoms with Crippen LogP contribution in [0.25, 0.3) is 0 Å². The first-order chi connectivity index (χ1) is 11.2. The summed E-state index contributed by atoms with van der Waals surface area (Å²) in [5.74, 6) is 1.64. The van der Waals surface area contributed by atoms with Gasteiger partial charge in [0.25, 0.3) is 0 Å². The van der Waals surface area contributed by atoms with Crippen molar-refractivity contribution in [2.75, 3.05) is 20.8 Å². The van der Waals surface area contributed by atoms with Crippen LogP contribution in [0.1, 0.15) is 34.7 Å². The van der Waals surface area contributed by atoms with E-state index in [4.69, 9.17) is 9.47 Å². The Bertz CT molecular complexity index is 681. The zero-order valence-electron chi connectivity index (χ0n) is 14.2. The summed E-state index contributed by atoms with van der Waals surface area (Å²) in [6, 6.07) is 13.4. The van der Waals surface area contributed by atoms with Gasteiger partial charge < -0.3 is 14.8 Å². The normalized spacial score (nSPS) is 16.7. The topological polar surface area (TPSA) is 30.5 Å². The molecule has 0 saturated heterocycles. The van der Waals surface area contributed by atoms with E-state index in [-0.39, 0.29) is 0 Å². The molecule has 0 aromatic heterocycles. The Hall–Kier alpha value is -2.00. The first kappa shape index (κ1) is 15.9. The number of methoxy groups -OCH3 is 2. The van der Waals surface area contributed by atoms with Crippen LogP contribution in [0, 0.1) is 6.92 Å². The number of ether oxygens (including phenoxy) is 2. The summed E-state index contributed by atoms with van der Waals surface area (Å²) in [6.45, 7) is 3.16. The van der Waals surface area contributed by atoms with Gasteiger partial charge in [0.15, 0.2) is 11.5 Å². The third-order valence-electron chi connectivity index (χ3n) is 4.61. The fraction of sp³-hybridized carbons (Fsp3) is 0.400. The molecule has 2 aromatic carbocycles. The van der Waals surface area contributed by atoms with Gasteiger partial charge in [0, 0.05) is 6.04 Å². The molecule has 2 aromatic rings. The lowest BCUT2D eigenvalue weighted by Gasteiger charge is -2.28. The molecule has 122 valence electrons. The van der Waals surface area contributed by atoms with Crippen molar-refractivity contribution in [3.63, 3.8) is 0 Å². The van der Waals surface area contributed by atoms with Crippen molar-refractivity contribution in [1.82, 2.24) is 5.32 Å². The van der Waals surface area contributed by atoms with Crippen molar-refractivity contribution in [2.24, 2.45) is 0 Å². The van der Waals surface area contributed by atoms with Crippen LogP contribution in [0.2, 0.25) is 0 Å². The van der Waals surface area contributed by atoms with E-state index < -0.39 is 0 Å². The van der Waals surface area contributed by atoms with Gasteiger partial charge in [-0.2, -0.15) is 0 Å². The number of aryl methyl sites for hydroxylation is 2. The van der Waals surface area contributed by atoms with Gasteiger partial charge >= 0.3 is 0 Å². The highest BCUT2D eigenvalue weighted by molar-refractivity contribution is 5.49. The molecule has 0 unspecified atom stereocenters. The van der Waals surface area contributed by atoms with Gasteiger partial charge in [-0.1, -0.05) is 29.8 Å². The lowest BCUT2D eigenvalue weighted by molar-refractivity contribution is 0.351. The van der Waals surface area contributed by atoms with Crippen LogP contribution in [0.3, 0.4) is 0 Å². The van der Waals surface area contributed by atoms with Gasteiger partial charge in [-0.3, -0.25) is 0 Å². The zero-order valence-corrected chi connectivity index (χ0v) is 14.2. The third kappa shape index (κ3) is 3.50. The van der Waals surface area contributed by atoms with E-state index in [1.54, 1.807) is 14.2 Å². The molecule has 3 nitrogen and oxygen atoms in total. The van der Waals surface area contributed by atoms with Gasteiger partial charge in [-0.05, 0) is 61.6 Å². The minimum atomic E-state index is 0.374. The summed E-state index contributed by atoms with van der Waals surface area (Å²) in [5.41, 5.74) is 5.45. The van der Waals surface area contributed by atoms with Crippen molar-refractivity contribution in [3.8, 4) is 11.5 Å². The van der Waals surface area contributed by atoms with Crippen molar-refractivity contribution in [2.45, 2.75) is 32.2 Å². The molecule has 0 spiro atoms. The van der Waals surface area contributed by atoms with Crippen molar-refractivity contribution < 1.29 is 9.47 Å². The van der Waals surface area contributed by atoms with E-state index in [0.717, 1.165) is 37.3 Å². The minimum absolute atomic E-state index is 0.374. The number of fused-ring (bicyclic) bond motifs is 1. The Morgan fingerprint density at radius 3 is 2.61 bits per heavy atom. The molecule has 0 aliphatic carbocycles. The Morgan fingerprint density at radius 2 is 1.87 bits per heavy atom.